The van der Waals surface area contributed by atoms with Crippen LogP contribution in [0.3, 0.4) is 0 Å². The van der Waals surface area contributed by atoms with Crippen molar-refractivity contribution in [1.29, 1.82) is 0 Å². The summed E-state index contributed by atoms with van der Waals surface area (Å²) in [7, 11) is 1.70. The van der Waals surface area contributed by atoms with Gasteiger partial charge in [0.15, 0.2) is 11.5 Å². The van der Waals surface area contributed by atoms with E-state index in [1.807, 2.05) is 30.3 Å². The van der Waals surface area contributed by atoms with Gasteiger partial charge < -0.3 is 10.6 Å². The molecule has 16 heavy (non-hydrogen) atoms. The summed E-state index contributed by atoms with van der Waals surface area (Å²) in [5.74, 6) is 0.239. The van der Waals surface area contributed by atoms with Gasteiger partial charge in [-0.1, -0.05) is 18.2 Å². The van der Waals surface area contributed by atoms with Crippen molar-refractivity contribution in [3.63, 3.8) is 0 Å². The fourth-order valence-corrected chi connectivity index (χ4v) is 1.76. The first kappa shape index (κ1) is 10.6. The smallest absolute Gasteiger partial charge is 0.279 e. The first-order valence-electron chi connectivity index (χ1n) is 4.68. The fraction of sp³-hybridized carbons (Fsp3) is 0.100. The molecular formula is C10H10N4OS. The molecule has 0 aliphatic carbocycles. The Balaban J connectivity index is 2.15. The Bertz CT molecular complexity index is 483. The molecule has 1 aromatic heterocycles. The molecule has 0 atom stereocenters. The molecule has 0 fully saturated rings. The number of hydrogen-bond donors (Lipinski definition) is 2. The molecule has 1 heterocycles. The lowest BCUT2D eigenvalue weighted by atomic mass is 10.3. The van der Waals surface area contributed by atoms with Gasteiger partial charge in [0.25, 0.3) is 5.91 Å². The van der Waals surface area contributed by atoms with Crippen LogP contribution in [-0.2, 0) is 0 Å². The van der Waals surface area contributed by atoms with Gasteiger partial charge in [0.05, 0.1) is 11.7 Å². The number of carbonyl (C=O) groups excluding carboxylic acids is 1. The van der Waals surface area contributed by atoms with E-state index in [0.717, 1.165) is 17.4 Å². The third-order valence-corrected chi connectivity index (χ3v) is 2.50. The van der Waals surface area contributed by atoms with Gasteiger partial charge in [-0.15, -0.1) is 0 Å². The van der Waals surface area contributed by atoms with E-state index in [9.17, 15) is 4.79 Å². The lowest BCUT2D eigenvalue weighted by molar-refractivity contribution is 0.102. The van der Waals surface area contributed by atoms with E-state index in [-0.39, 0.29) is 5.91 Å². The number of anilines is 2. The standard InChI is InChI=1S/C10H10N4OS/c1-11-9-8(13-16-14-9)10(15)12-7-5-3-2-4-6-7/h2-6H,1H3,(H,11,14)(H,12,15). The highest BCUT2D eigenvalue weighted by atomic mass is 32.1. The van der Waals surface area contributed by atoms with Crippen LogP contribution in [-0.4, -0.2) is 21.7 Å². The number of nitrogens with one attached hydrogen (secondary N) is 2. The van der Waals surface area contributed by atoms with E-state index < -0.39 is 0 Å². The van der Waals surface area contributed by atoms with Crippen LogP contribution in [0.4, 0.5) is 11.5 Å². The van der Waals surface area contributed by atoms with Gasteiger partial charge in [0.1, 0.15) is 0 Å². The zero-order valence-electron chi connectivity index (χ0n) is 8.60. The number of para-hydroxylation sites is 1. The summed E-state index contributed by atoms with van der Waals surface area (Å²) in [5, 5.41) is 5.56. The summed E-state index contributed by atoms with van der Waals surface area (Å²) >= 11 is 1.01. The molecule has 1 aromatic carbocycles. The van der Waals surface area contributed by atoms with E-state index in [1.165, 1.54) is 0 Å². The molecule has 0 aliphatic rings. The molecule has 2 N–H and O–H groups in total. The van der Waals surface area contributed by atoms with Crippen LogP contribution in [0.25, 0.3) is 0 Å². The first-order chi connectivity index (χ1) is 7.81. The van der Waals surface area contributed by atoms with E-state index in [4.69, 9.17) is 0 Å². The van der Waals surface area contributed by atoms with E-state index in [0.29, 0.717) is 11.5 Å². The molecule has 2 rings (SSSR count). The van der Waals surface area contributed by atoms with Crippen molar-refractivity contribution < 1.29 is 4.79 Å². The second-order valence-corrected chi connectivity index (χ2v) is 3.56. The quantitative estimate of drug-likeness (QED) is 0.850. The fourth-order valence-electron chi connectivity index (χ4n) is 1.21. The number of benzene rings is 1. The summed E-state index contributed by atoms with van der Waals surface area (Å²) in [5.41, 5.74) is 1.05. The second kappa shape index (κ2) is 4.71. The molecule has 0 unspecified atom stereocenters. The average molecular weight is 234 g/mol. The Morgan fingerprint density at radius 1 is 1.25 bits per heavy atom. The Kier molecular flexibility index (Phi) is 3.11. The number of aromatic nitrogens is 2. The minimum atomic E-state index is -0.260. The maximum absolute atomic E-state index is 11.8. The SMILES string of the molecule is CNc1nsnc1C(=O)Nc1ccccc1. The first-order valence-corrected chi connectivity index (χ1v) is 5.41. The molecule has 0 saturated heterocycles. The van der Waals surface area contributed by atoms with E-state index in [1.54, 1.807) is 7.05 Å². The number of carbonyl (C=O) groups is 1. The normalized spacial score (nSPS) is 9.81. The monoisotopic (exact) mass is 234 g/mol. The highest BCUT2D eigenvalue weighted by molar-refractivity contribution is 6.99. The molecule has 5 nitrogen and oxygen atoms in total. The minimum absolute atomic E-state index is 0.260. The van der Waals surface area contributed by atoms with Crippen molar-refractivity contribution in [3.05, 3.63) is 36.0 Å². The van der Waals surface area contributed by atoms with Crippen molar-refractivity contribution in [3.8, 4) is 0 Å². The Labute approximate surface area is 96.8 Å². The van der Waals surface area contributed by atoms with Gasteiger partial charge in [0.2, 0.25) is 0 Å². The van der Waals surface area contributed by atoms with Crippen molar-refractivity contribution in [2.24, 2.45) is 0 Å². The van der Waals surface area contributed by atoms with Gasteiger partial charge in [-0.2, -0.15) is 8.75 Å². The Morgan fingerprint density at radius 2 is 2.00 bits per heavy atom. The molecule has 0 radical (unpaired) electrons. The maximum atomic E-state index is 11.8. The van der Waals surface area contributed by atoms with Gasteiger partial charge in [-0.3, -0.25) is 4.79 Å². The van der Waals surface area contributed by atoms with Gasteiger partial charge in [0, 0.05) is 12.7 Å². The number of hydrogen-bond acceptors (Lipinski definition) is 5. The van der Waals surface area contributed by atoms with Gasteiger partial charge in [-0.05, 0) is 12.1 Å². The predicted molar refractivity (Wildman–Crippen MR) is 63.9 cm³/mol. The second-order valence-electron chi connectivity index (χ2n) is 3.03. The number of rotatable bonds is 3. The zero-order chi connectivity index (χ0) is 11.4. The summed E-state index contributed by atoms with van der Waals surface area (Å²) in [6.07, 6.45) is 0. The third-order valence-electron chi connectivity index (χ3n) is 1.97. The van der Waals surface area contributed by atoms with Crippen LogP contribution < -0.4 is 10.6 Å². The molecule has 0 spiro atoms. The molecular weight excluding hydrogens is 224 g/mol. The molecule has 2 aromatic rings. The lowest BCUT2D eigenvalue weighted by Gasteiger charge is -2.03. The molecule has 0 aliphatic heterocycles. The molecule has 82 valence electrons. The topological polar surface area (TPSA) is 66.9 Å². The molecule has 0 bridgehead atoms. The molecule has 0 saturated carbocycles. The predicted octanol–water partition coefficient (Wildman–Crippen LogP) is 1.83. The number of amides is 1. The van der Waals surface area contributed by atoms with Crippen LogP contribution in [0.15, 0.2) is 30.3 Å². The zero-order valence-corrected chi connectivity index (χ0v) is 9.41. The van der Waals surface area contributed by atoms with Crippen LogP contribution >= 0.6 is 11.7 Å². The molecule has 6 heteroatoms. The average Bonchev–Trinajstić information content (AvgIpc) is 2.78. The summed E-state index contributed by atoms with van der Waals surface area (Å²) in [6, 6.07) is 9.23. The Hall–Kier alpha value is -1.95. The summed E-state index contributed by atoms with van der Waals surface area (Å²) in [4.78, 5) is 11.8. The van der Waals surface area contributed by atoms with Crippen LogP contribution in [0, 0.1) is 0 Å². The van der Waals surface area contributed by atoms with Gasteiger partial charge >= 0.3 is 0 Å². The highest BCUT2D eigenvalue weighted by Gasteiger charge is 2.15. The maximum Gasteiger partial charge on any atom is 0.279 e. The number of nitrogens with zero attached hydrogens (tertiary/aromatic N) is 2. The minimum Gasteiger partial charge on any atom is -0.370 e. The lowest BCUT2D eigenvalue weighted by Crippen LogP contribution is -2.14. The van der Waals surface area contributed by atoms with Crippen LogP contribution in [0.5, 0.6) is 0 Å². The summed E-state index contributed by atoms with van der Waals surface area (Å²) in [6.45, 7) is 0. The van der Waals surface area contributed by atoms with Gasteiger partial charge in [-0.25, -0.2) is 0 Å². The van der Waals surface area contributed by atoms with E-state index in [2.05, 4.69) is 19.4 Å². The highest BCUT2D eigenvalue weighted by Crippen LogP contribution is 2.14. The largest absolute Gasteiger partial charge is 0.370 e. The van der Waals surface area contributed by atoms with Crippen molar-refractivity contribution >= 4 is 29.1 Å². The van der Waals surface area contributed by atoms with Crippen molar-refractivity contribution in [1.82, 2.24) is 8.75 Å². The third kappa shape index (κ3) is 2.17. The van der Waals surface area contributed by atoms with E-state index >= 15 is 0 Å². The summed E-state index contributed by atoms with van der Waals surface area (Å²) < 4.78 is 7.90. The van der Waals surface area contributed by atoms with Crippen LogP contribution in [0.1, 0.15) is 10.5 Å². The van der Waals surface area contributed by atoms with Crippen molar-refractivity contribution in [2.75, 3.05) is 17.7 Å². The molecule has 1 amide bonds. The van der Waals surface area contributed by atoms with Crippen molar-refractivity contribution in [2.45, 2.75) is 0 Å². The Morgan fingerprint density at radius 3 is 2.69 bits per heavy atom. The van der Waals surface area contributed by atoms with Crippen LogP contribution in [0.2, 0.25) is 0 Å².